The van der Waals surface area contributed by atoms with Crippen LogP contribution in [0, 0.1) is 6.92 Å². The van der Waals surface area contributed by atoms with Crippen LogP contribution < -0.4 is 35.1 Å². The highest BCUT2D eigenvalue weighted by Crippen LogP contribution is 2.02. The van der Waals surface area contributed by atoms with Crippen LogP contribution in [0.4, 0.5) is 0 Å². The fraction of sp³-hybridized carbons (Fsp3) is 0.524. The third-order valence-corrected chi connectivity index (χ3v) is 4.42. The summed E-state index contributed by atoms with van der Waals surface area (Å²) >= 11 is 0. The van der Waals surface area contributed by atoms with Gasteiger partial charge < -0.3 is 33.1 Å². The maximum absolute atomic E-state index is 11.7. The van der Waals surface area contributed by atoms with Crippen molar-refractivity contribution < 1.29 is 24.0 Å². The average molecular weight is 471 g/mol. The van der Waals surface area contributed by atoms with Gasteiger partial charge in [0.2, 0.25) is 0 Å². The SMILES string of the molecule is CCc1cc(C)c(=O)n(CC)c1.CCc1cc(CC)c(=O)n(CC)c1.[I-]. The molecule has 0 aliphatic rings. The molecule has 0 atom stereocenters. The van der Waals surface area contributed by atoms with Gasteiger partial charge in [0, 0.05) is 36.6 Å². The Morgan fingerprint density at radius 3 is 1.62 bits per heavy atom. The Morgan fingerprint density at radius 1 is 0.731 bits per heavy atom. The predicted octanol–water partition coefficient (Wildman–Crippen LogP) is 0.736. The summed E-state index contributed by atoms with van der Waals surface area (Å²) in [7, 11) is 0. The highest BCUT2D eigenvalue weighted by atomic mass is 127. The average Bonchev–Trinajstić information content (AvgIpc) is 2.64. The van der Waals surface area contributed by atoms with Gasteiger partial charge in [-0.3, -0.25) is 9.59 Å². The van der Waals surface area contributed by atoms with Crippen molar-refractivity contribution in [1.29, 1.82) is 0 Å². The van der Waals surface area contributed by atoms with Crippen LogP contribution in [0.3, 0.4) is 0 Å². The van der Waals surface area contributed by atoms with Gasteiger partial charge in [-0.2, -0.15) is 0 Å². The Bertz CT molecular complexity index is 778. The van der Waals surface area contributed by atoms with Gasteiger partial charge >= 0.3 is 0 Å². The zero-order valence-corrected chi connectivity index (χ0v) is 19.1. The number of pyridine rings is 2. The van der Waals surface area contributed by atoms with E-state index in [0.29, 0.717) is 0 Å². The van der Waals surface area contributed by atoms with Crippen LogP contribution in [-0.4, -0.2) is 9.13 Å². The van der Waals surface area contributed by atoms with Crippen molar-refractivity contribution >= 4 is 0 Å². The third kappa shape index (κ3) is 6.41. The predicted molar refractivity (Wildman–Crippen MR) is 106 cm³/mol. The summed E-state index contributed by atoms with van der Waals surface area (Å²) in [5, 5.41) is 0. The maximum Gasteiger partial charge on any atom is 0.253 e. The van der Waals surface area contributed by atoms with Gasteiger partial charge in [0.05, 0.1) is 0 Å². The van der Waals surface area contributed by atoms with Crippen molar-refractivity contribution in [3.8, 4) is 0 Å². The molecule has 0 bridgehead atoms. The number of hydrogen-bond acceptors (Lipinski definition) is 2. The molecule has 26 heavy (non-hydrogen) atoms. The summed E-state index contributed by atoms with van der Waals surface area (Å²) < 4.78 is 3.55. The first-order valence-corrected chi connectivity index (χ1v) is 9.33. The van der Waals surface area contributed by atoms with Gasteiger partial charge in [-0.15, -0.1) is 0 Å². The zero-order chi connectivity index (χ0) is 19.0. The van der Waals surface area contributed by atoms with Crippen LogP contribution in [0.5, 0.6) is 0 Å². The smallest absolute Gasteiger partial charge is 0.253 e. The quantitative estimate of drug-likeness (QED) is 0.604. The Morgan fingerprint density at radius 2 is 1.19 bits per heavy atom. The van der Waals surface area contributed by atoms with Crippen LogP contribution in [0.25, 0.3) is 0 Å². The van der Waals surface area contributed by atoms with Crippen molar-refractivity contribution in [1.82, 2.24) is 9.13 Å². The lowest BCUT2D eigenvalue weighted by Gasteiger charge is -2.07. The lowest BCUT2D eigenvalue weighted by atomic mass is 10.1. The molecular formula is C21H32IN2O2-. The summed E-state index contributed by atoms with van der Waals surface area (Å²) in [6, 6.07) is 3.99. The first-order valence-electron chi connectivity index (χ1n) is 9.33. The number of rotatable bonds is 5. The molecular weight excluding hydrogens is 439 g/mol. The normalized spacial score (nSPS) is 9.92. The molecule has 5 heteroatoms. The molecule has 0 unspecified atom stereocenters. The lowest BCUT2D eigenvalue weighted by molar-refractivity contribution is -0.00000568. The first kappa shape index (κ1) is 24.6. The minimum absolute atomic E-state index is 0. The lowest BCUT2D eigenvalue weighted by Crippen LogP contribution is -3.00. The van der Waals surface area contributed by atoms with Crippen molar-refractivity contribution in [3.63, 3.8) is 0 Å². The van der Waals surface area contributed by atoms with Crippen molar-refractivity contribution in [2.45, 2.75) is 73.9 Å². The van der Waals surface area contributed by atoms with E-state index in [1.165, 1.54) is 11.1 Å². The summed E-state index contributed by atoms with van der Waals surface area (Å²) in [5.41, 5.74) is 4.56. The molecule has 0 saturated carbocycles. The fourth-order valence-electron chi connectivity index (χ4n) is 2.74. The van der Waals surface area contributed by atoms with E-state index in [-0.39, 0.29) is 35.1 Å². The van der Waals surface area contributed by atoms with E-state index in [1.807, 2.05) is 52.2 Å². The van der Waals surface area contributed by atoms with Crippen molar-refractivity contribution in [3.05, 3.63) is 67.5 Å². The van der Waals surface area contributed by atoms with Crippen molar-refractivity contribution in [2.24, 2.45) is 0 Å². The van der Waals surface area contributed by atoms with Gasteiger partial charge in [0.15, 0.2) is 0 Å². The second-order valence-electron chi connectivity index (χ2n) is 6.15. The molecule has 2 aromatic heterocycles. The fourth-order valence-corrected chi connectivity index (χ4v) is 2.74. The molecule has 2 rings (SSSR count). The molecule has 2 aromatic rings. The summed E-state index contributed by atoms with van der Waals surface area (Å²) in [4.78, 5) is 23.1. The molecule has 0 fully saturated rings. The molecule has 0 aromatic carbocycles. The number of aromatic nitrogens is 2. The zero-order valence-electron chi connectivity index (χ0n) is 16.9. The summed E-state index contributed by atoms with van der Waals surface area (Å²) in [6.07, 6.45) is 6.71. The second kappa shape index (κ2) is 12.1. The van der Waals surface area contributed by atoms with Crippen LogP contribution in [-0.2, 0) is 32.4 Å². The molecule has 0 N–H and O–H groups in total. The van der Waals surface area contributed by atoms with Crippen LogP contribution in [0.2, 0.25) is 0 Å². The van der Waals surface area contributed by atoms with E-state index in [4.69, 9.17) is 0 Å². The van der Waals surface area contributed by atoms with E-state index >= 15 is 0 Å². The molecule has 2 heterocycles. The molecule has 146 valence electrons. The van der Waals surface area contributed by atoms with Gasteiger partial charge in [-0.25, -0.2) is 0 Å². The van der Waals surface area contributed by atoms with Crippen LogP contribution in [0.1, 0.15) is 56.9 Å². The molecule has 0 amide bonds. The molecule has 0 spiro atoms. The Kier molecular flexibility index (Phi) is 11.5. The Labute approximate surface area is 174 Å². The highest BCUT2D eigenvalue weighted by Gasteiger charge is 2.02. The van der Waals surface area contributed by atoms with E-state index in [1.54, 1.807) is 9.13 Å². The molecule has 0 radical (unpaired) electrons. The van der Waals surface area contributed by atoms with Crippen LogP contribution in [0.15, 0.2) is 34.1 Å². The first-order chi connectivity index (χ1) is 11.9. The molecule has 4 nitrogen and oxygen atoms in total. The van der Waals surface area contributed by atoms with Gasteiger partial charge in [-0.05, 0) is 63.3 Å². The van der Waals surface area contributed by atoms with Crippen LogP contribution >= 0.6 is 0 Å². The molecule has 0 saturated heterocycles. The maximum atomic E-state index is 11.7. The van der Waals surface area contributed by atoms with E-state index < -0.39 is 0 Å². The van der Waals surface area contributed by atoms with Gasteiger partial charge in [0.1, 0.15) is 0 Å². The van der Waals surface area contributed by atoms with Gasteiger partial charge in [0.25, 0.3) is 11.1 Å². The van der Waals surface area contributed by atoms with E-state index in [0.717, 1.165) is 43.5 Å². The topological polar surface area (TPSA) is 44.0 Å². The largest absolute Gasteiger partial charge is 1.00 e. The number of halogens is 1. The monoisotopic (exact) mass is 471 g/mol. The van der Waals surface area contributed by atoms with E-state index in [9.17, 15) is 9.59 Å². The van der Waals surface area contributed by atoms with Crippen molar-refractivity contribution in [2.75, 3.05) is 0 Å². The van der Waals surface area contributed by atoms with Gasteiger partial charge in [-0.1, -0.05) is 20.8 Å². The number of aryl methyl sites for hydroxylation is 6. The molecule has 0 aliphatic carbocycles. The number of nitrogens with zero attached hydrogens (tertiary/aromatic N) is 2. The molecule has 0 aliphatic heterocycles. The highest BCUT2D eigenvalue weighted by molar-refractivity contribution is 5.19. The second-order valence-corrected chi connectivity index (χ2v) is 6.15. The standard InChI is InChI=1S/C11H17NO.C10H15NO.HI/c1-4-9-7-10(5-2)11(13)12(6-3)8-9;1-4-9-6-8(3)10(12)11(5-2)7-9;/h7-8H,4-6H2,1-3H3;6-7H,4-5H2,1-3H3;1H/p-1. The number of hydrogen-bond donors (Lipinski definition) is 0. The third-order valence-electron chi connectivity index (χ3n) is 4.42. The summed E-state index contributed by atoms with van der Waals surface area (Å²) in [6.45, 7) is 13.6. The summed E-state index contributed by atoms with van der Waals surface area (Å²) in [5.74, 6) is 0. The minimum Gasteiger partial charge on any atom is -1.00 e. The Hall–Kier alpha value is -1.37. The van der Waals surface area contributed by atoms with E-state index in [2.05, 4.69) is 13.8 Å². The Balaban J connectivity index is 0.000000464. The minimum atomic E-state index is 0.